The first-order valence-electron chi connectivity index (χ1n) is 7.91. The summed E-state index contributed by atoms with van der Waals surface area (Å²) < 4.78 is 5.33. The number of aromatic nitrogens is 3. The second-order valence-electron chi connectivity index (χ2n) is 5.41. The van der Waals surface area contributed by atoms with Crippen molar-refractivity contribution in [1.29, 1.82) is 0 Å². The Hall–Kier alpha value is -3.39. The maximum absolute atomic E-state index is 10.9. The van der Waals surface area contributed by atoms with Crippen molar-refractivity contribution < 1.29 is 14.6 Å². The second kappa shape index (κ2) is 8.33. The zero-order chi connectivity index (χ0) is 19.2. The minimum absolute atomic E-state index is 0.176. The predicted molar refractivity (Wildman–Crippen MR) is 103 cm³/mol. The summed E-state index contributed by atoms with van der Waals surface area (Å²) in [7, 11) is 1.55. The van der Waals surface area contributed by atoms with Crippen LogP contribution in [0.3, 0.4) is 0 Å². The largest absolute Gasteiger partial charge is 0.495 e. The van der Waals surface area contributed by atoms with Gasteiger partial charge in [0, 0.05) is 29.0 Å². The van der Waals surface area contributed by atoms with Gasteiger partial charge in [0.25, 0.3) is 0 Å². The van der Waals surface area contributed by atoms with E-state index in [9.17, 15) is 4.79 Å². The summed E-state index contributed by atoms with van der Waals surface area (Å²) >= 11 is 6.07. The lowest BCUT2D eigenvalue weighted by atomic mass is 10.2. The normalized spacial score (nSPS) is 10.3. The summed E-state index contributed by atoms with van der Waals surface area (Å²) in [6, 6.07) is 10.5. The number of hydrogen-bond donors (Lipinski definition) is 3. The summed E-state index contributed by atoms with van der Waals surface area (Å²) in [6.07, 6.45) is 3.30. The Morgan fingerprint density at radius 3 is 2.67 bits per heavy atom. The van der Waals surface area contributed by atoms with Gasteiger partial charge < -0.3 is 20.5 Å². The van der Waals surface area contributed by atoms with Crippen LogP contribution < -0.4 is 15.4 Å². The average Bonchev–Trinajstić information content (AvgIpc) is 2.67. The van der Waals surface area contributed by atoms with Crippen molar-refractivity contribution in [1.82, 2.24) is 15.0 Å². The first kappa shape index (κ1) is 18.4. The third kappa shape index (κ3) is 4.83. The van der Waals surface area contributed by atoms with E-state index in [1.54, 1.807) is 55.9 Å². The fourth-order valence-electron chi connectivity index (χ4n) is 2.33. The monoisotopic (exact) mass is 385 g/mol. The highest BCUT2D eigenvalue weighted by atomic mass is 35.5. The third-order valence-electron chi connectivity index (χ3n) is 3.52. The number of carbonyl (C=O) groups is 1. The van der Waals surface area contributed by atoms with E-state index >= 15 is 0 Å². The minimum atomic E-state index is -1.01. The van der Waals surface area contributed by atoms with Crippen LogP contribution in [0, 0.1) is 0 Å². The van der Waals surface area contributed by atoms with E-state index in [-0.39, 0.29) is 12.5 Å². The van der Waals surface area contributed by atoms with Crippen LogP contribution in [0.25, 0.3) is 11.3 Å². The number of rotatable bonds is 7. The molecular formula is C18H16ClN5O3. The molecule has 0 amide bonds. The highest BCUT2D eigenvalue weighted by molar-refractivity contribution is 6.31. The summed E-state index contributed by atoms with van der Waals surface area (Å²) in [4.78, 5) is 23.5. The Morgan fingerprint density at radius 1 is 1.19 bits per heavy atom. The van der Waals surface area contributed by atoms with Gasteiger partial charge in [-0.1, -0.05) is 11.6 Å². The van der Waals surface area contributed by atoms with Gasteiger partial charge in [0.15, 0.2) is 0 Å². The van der Waals surface area contributed by atoms with E-state index < -0.39 is 5.97 Å². The molecule has 8 nitrogen and oxygen atoms in total. The second-order valence-corrected chi connectivity index (χ2v) is 5.85. The molecule has 3 rings (SSSR count). The molecule has 138 valence electrons. The fraction of sp³-hybridized carbons (Fsp3) is 0.111. The van der Waals surface area contributed by atoms with Crippen LogP contribution in [0.1, 0.15) is 0 Å². The summed E-state index contributed by atoms with van der Waals surface area (Å²) in [6.45, 7) is -0.306. The van der Waals surface area contributed by atoms with E-state index in [2.05, 4.69) is 25.6 Å². The topological polar surface area (TPSA) is 109 Å². The Labute approximate surface area is 160 Å². The first-order chi connectivity index (χ1) is 13.0. The summed E-state index contributed by atoms with van der Waals surface area (Å²) in [5, 5.41) is 15.2. The van der Waals surface area contributed by atoms with E-state index in [0.717, 1.165) is 5.56 Å². The van der Waals surface area contributed by atoms with Gasteiger partial charge >= 0.3 is 5.97 Å². The molecule has 0 radical (unpaired) electrons. The Balaban J connectivity index is 1.99. The number of pyridine rings is 1. The van der Waals surface area contributed by atoms with Gasteiger partial charge in [0.1, 0.15) is 18.1 Å². The number of benzene rings is 1. The number of carboxylic acid groups (broad SMARTS) is 1. The Kier molecular flexibility index (Phi) is 5.68. The number of aliphatic carboxylic acids is 1. The number of anilines is 3. The van der Waals surface area contributed by atoms with Crippen molar-refractivity contribution >= 4 is 35.0 Å². The fourth-order valence-corrected chi connectivity index (χ4v) is 2.50. The molecule has 3 N–H and O–H groups in total. The number of ether oxygens (including phenoxy) is 1. The minimum Gasteiger partial charge on any atom is -0.495 e. The van der Waals surface area contributed by atoms with Crippen LogP contribution in [-0.4, -0.2) is 39.7 Å². The van der Waals surface area contributed by atoms with Crippen LogP contribution in [0.2, 0.25) is 5.02 Å². The molecule has 3 aromatic rings. The summed E-state index contributed by atoms with van der Waals surface area (Å²) in [5.41, 5.74) is 2.03. The molecule has 0 bridgehead atoms. The van der Waals surface area contributed by atoms with Crippen LogP contribution >= 0.6 is 11.6 Å². The van der Waals surface area contributed by atoms with Gasteiger partial charge in [0.2, 0.25) is 5.95 Å². The van der Waals surface area contributed by atoms with Gasteiger partial charge in [-0.25, -0.2) is 4.98 Å². The maximum atomic E-state index is 10.9. The van der Waals surface area contributed by atoms with E-state index in [1.165, 1.54) is 0 Å². The van der Waals surface area contributed by atoms with Crippen LogP contribution in [0.15, 0.2) is 48.8 Å². The zero-order valence-electron chi connectivity index (χ0n) is 14.3. The predicted octanol–water partition coefficient (Wildman–Crippen LogP) is 3.44. The highest BCUT2D eigenvalue weighted by Gasteiger charge is 2.11. The van der Waals surface area contributed by atoms with Crippen molar-refractivity contribution in [2.45, 2.75) is 0 Å². The number of carboxylic acids is 1. The molecule has 27 heavy (non-hydrogen) atoms. The lowest BCUT2D eigenvalue weighted by Crippen LogP contribution is -2.15. The van der Waals surface area contributed by atoms with E-state index in [1.807, 2.05) is 0 Å². The zero-order valence-corrected chi connectivity index (χ0v) is 15.1. The maximum Gasteiger partial charge on any atom is 0.322 e. The molecule has 0 unspecified atom stereocenters. The lowest BCUT2D eigenvalue weighted by molar-refractivity contribution is -0.134. The van der Waals surface area contributed by atoms with E-state index in [4.69, 9.17) is 21.4 Å². The molecule has 2 aromatic heterocycles. The molecule has 9 heteroatoms. The number of nitrogens with one attached hydrogen (secondary N) is 2. The average molecular weight is 386 g/mol. The standard InChI is InChI=1S/C18H16ClN5O3/c1-27-15-3-2-12(19)8-14(15)22-16-9-13(11-4-6-20-7-5-11)23-18(24-16)21-10-17(25)26/h2-9H,10H2,1H3,(H,25,26)(H2,21,22,23,24). The van der Waals surface area contributed by atoms with Crippen molar-refractivity contribution in [3.63, 3.8) is 0 Å². The van der Waals surface area contributed by atoms with E-state index in [0.29, 0.717) is 28.0 Å². The number of nitrogens with zero attached hydrogens (tertiary/aromatic N) is 3. The van der Waals surface area contributed by atoms with Gasteiger partial charge in [-0.15, -0.1) is 0 Å². The third-order valence-corrected chi connectivity index (χ3v) is 3.76. The van der Waals surface area contributed by atoms with Crippen molar-refractivity contribution in [2.24, 2.45) is 0 Å². The molecule has 0 aliphatic carbocycles. The van der Waals surface area contributed by atoms with Crippen molar-refractivity contribution in [2.75, 3.05) is 24.3 Å². The molecule has 0 saturated heterocycles. The molecule has 0 aliphatic rings. The number of hydrogen-bond acceptors (Lipinski definition) is 7. The molecule has 0 fully saturated rings. The summed E-state index contributed by atoms with van der Waals surface area (Å²) in [5.74, 6) is 0.197. The first-order valence-corrected chi connectivity index (χ1v) is 8.28. The molecule has 1 aromatic carbocycles. The number of halogens is 1. The molecule has 0 aliphatic heterocycles. The molecule has 0 atom stereocenters. The van der Waals surface area contributed by atoms with Gasteiger partial charge in [-0.3, -0.25) is 9.78 Å². The van der Waals surface area contributed by atoms with Gasteiger partial charge in [-0.2, -0.15) is 4.98 Å². The molecule has 0 saturated carbocycles. The van der Waals surface area contributed by atoms with Gasteiger partial charge in [0.05, 0.1) is 18.5 Å². The van der Waals surface area contributed by atoms with Gasteiger partial charge in [-0.05, 0) is 30.3 Å². The Morgan fingerprint density at radius 2 is 1.96 bits per heavy atom. The van der Waals surface area contributed by atoms with Crippen molar-refractivity contribution in [3.8, 4) is 17.0 Å². The SMILES string of the molecule is COc1ccc(Cl)cc1Nc1cc(-c2ccncc2)nc(NCC(=O)O)n1. The van der Waals surface area contributed by atoms with Crippen LogP contribution in [-0.2, 0) is 4.79 Å². The highest BCUT2D eigenvalue weighted by Crippen LogP contribution is 2.31. The number of methoxy groups -OCH3 is 1. The Bertz CT molecular complexity index is 953. The molecular weight excluding hydrogens is 370 g/mol. The van der Waals surface area contributed by atoms with Crippen LogP contribution in [0.5, 0.6) is 5.75 Å². The molecule has 2 heterocycles. The quantitative estimate of drug-likeness (QED) is 0.567. The lowest BCUT2D eigenvalue weighted by Gasteiger charge is -2.13. The smallest absolute Gasteiger partial charge is 0.322 e. The van der Waals surface area contributed by atoms with Crippen molar-refractivity contribution in [3.05, 3.63) is 53.8 Å². The van der Waals surface area contributed by atoms with Crippen LogP contribution in [0.4, 0.5) is 17.5 Å². The molecule has 0 spiro atoms.